The molecule has 1 heterocycles. The minimum absolute atomic E-state index is 0.0459. The van der Waals surface area contributed by atoms with E-state index in [0.29, 0.717) is 17.3 Å². The van der Waals surface area contributed by atoms with Gasteiger partial charge in [0.25, 0.3) is 15.9 Å². The van der Waals surface area contributed by atoms with Gasteiger partial charge in [0.15, 0.2) is 0 Å². The van der Waals surface area contributed by atoms with Gasteiger partial charge in [0.2, 0.25) is 0 Å². The molecule has 3 rings (SSSR count). The van der Waals surface area contributed by atoms with Gasteiger partial charge in [0.05, 0.1) is 4.90 Å². The number of hydrogen-bond donors (Lipinski definition) is 1. The van der Waals surface area contributed by atoms with Crippen LogP contribution < -0.4 is 4.72 Å². The van der Waals surface area contributed by atoms with E-state index in [1.165, 1.54) is 12.3 Å². The van der Waals surface area contributed by atoms with Crippen molar-refractivity contribution in [3.8, 4) is 11.4 Å². The van der Waals surface area contributed by atoms with Crippen molar-refractivity contribution in [2.24, 2.45) is 7.05 Å². The van der Waals surface area contributed by atoms with Gasteiger partial charge in [0, 0.05) is 18.8 Å². The lowest BCUT2D eigenvalue weighted by Gasteiger charge is -2.08. The molecule has 1 aromatic heterocycles. The third-order valence-electron chi connectivity index (χ3n) is 4.53. The number of benzene rings is 2. The quantitative estimate of drug-likeness (QED) is 0.713. The number of carbonyl (C=O) groups excluding carboxylic acids is 1. The first-order valence-electron chi connectivity index (χ1n) is 8.95. The number of nitrogens with one attached hydrogen (secondary N) is 1. The van der Waals surface area contributed by atoms with Crippen LogP contribution in [0.2, 0.25) is 0 Å². The second-order valence-electron chi connectivity index (χ2n) is 7.04. The van der Waals surface area contributed by atoms with E-state index in [1.807, 2.05) is 24.3 Å². The largest absolute Gasteiger partial charge is 0.333 e. The van der Waals surface area contributed by atoms with E-state index in [0.717, 1.165) is 11.1 Å². The van der Waals surface area contributed by atoms with Crippen molar-refractivity contribution in [2.45, 2.75) is 31.6 Å². The monoisotopic (exact) mass is 397 g/mol. The third kappa shape index (κ3) is 3.99. The first-order valence-corrected chi connectivity index (χ1v) is 10.4. The van der Waals surface area contributed by atoms with Crippen molar-refractivity contribution in [3.63, 3.8) is 0 Å². The minimum atomic E-state index is -3.97. The molecule has 0 aliphatic rings. The molecule has 2 aromatic carbocycles. The number of imidazole rings is 1. The van der Waals surface area contributed by atoms with Gasteiger partial charge < -0.3 is 4.57 Å². The van der Waals surface area contributed by atoms with Gasteiger partial charge in [-0.05, 0) is 36.1 Å². The predicted molar refractivity (Wildman–Crippen MR) is 109 cm³/mol. The standard InChI is InChI=1S/C21H23N3O3S/c1-14(2)16-9-7-10-17(12-16)20-22-18(13-24(20)4)21(25)23-28(26,27)19-11-6-5-8-15(19)3/h5-14H,1-4H3,(H,23,25). The van der Waals surface area contributed by atoms with E-state index < -0.39 is 15.9 Å². The molecule has 0 bridgehead atoms. The van der Waals surface area contributed by atoms with Crippen molar-refractivity contribution in [1.29, 1.82) is 0 Å². The van der Waals surface area contributed by atoms with Crippen LogP contribution in [-0.2, 0) is 17.1 Å². The van der Waals surface area contributed by atoms with Crippen LogP contribution in [0.25, 0.3) is 11.4 Å². The number of amides is 1. The molecular formula is C21H23N3O3S. The molecule has 6 nitrogen and oxygen atoms in total. The van der Waals surface area contributed by atoms with Crippen LogP contribution in [0, 0.1) is 6.92 Å². The SMILES string of the molecule is Cc1ccccc1S(=O)(=O)NC(=O)c1cn(C)c(-c2cccc(C(C)C)c2)n1. The topological polar surface area (TPSA) is 81.1 Å². The molecule has 146 valence electrons. The van der Waals surface area contributed by atoms with Gasteiger partial charge in [-0.25, -0.2) is 18.1 Å². The number of sulfonamides is 1. The Labute approximate surface area is 165 Å². The summed E-state index contributed by atoms with van der Waals surface area (Å²) in [5.74, 6) is 0.202. The summed E-state index contributed by atoms with van der Waals surface area (Å²) < 4.78 is 28.9. The van der Waals surface area contributed by atoms with E-state index >= 15 is 0 Å². The zero-order chi connectivity index (χ0) is 20.5. The molecule has 1 amide bonds. The Hall–Kier alpha value is -2.93. The first-order chi connectivity index (χ1) is 13.2. The fourth-order valence-corrected chi connectivity index (χ4v) is 4.18. The lowest BCUT2D eigenvalue weighted by atomic mass is 10.0. The van der Waals surface area contributed by atoms with E-state index in [4.69, 9.17) is 0 Å². The minimum Gasteiger partial charge on any atom is -0.333 e. The maximum atomic E-state index is 12.6. The van der Waals surface area contributed by atoms with Crippen LogP contribution in [0.4, 0.5) is 0 Å². The first kappa shape index (κ1) is 19.8. The van der Waals surface area contributed by atoms with Crippen LogP contribution in [0.3, 0.4) is 0 Å². The molecule has 28 heavy (non-hydrogen) atoms. The molecule has 0 fully saturated rings. The van der Waals surface area contributed by atoms with Crippen LogP contribution in [-0.4, -0.2) is 23.9 Å². The summed E-state index contributed by atoms with van der Waals surface area (Å²) in [7, 11) is -2.20. The molecule has 0 saturated carbocycles. The van der Waals surface area contributed by atoms with Crippen molar-refractivity contribution in [1.82, 2.24) is 14.3 Å². The Morgan fingerprint density at radius 3 is 2.50 bits per heavy atom. The average molecular weight is 398 g/mol. The summed E-state index contributed by atoms with van der Waals surface area (Å²) in [6, 6.07) is 14.4. The molecule has 3 aromatic rings. The summed E-state index contributed by atoms with van der Waals surface area (Å²) >= 11 is 0. The highest BCUT2D eigenvalue weighted by molar-refractivity contribution is 7.90. The van der Waals surface area contributed by atoms with E-state index in [9.17, 15) is 13.2 Å². The van der Waals surface area contributed by atoms with Crippen LogP contribution in [0.5, 0.6) is 0 Å². The maximum Gasteiger partial charge on any atom is 0.285 e. The second kappa shape index (κ2) is 7.59. The molecule has 1 N–H and O–H groups in total. The number of nitrogens with zero attached hydrogens (tertiary/aromatic N) is 2. The second-order valence-corrected chi connectivity index (χ2v) is 8.69. The van der Waals surface area contributed by atoms with Gasteiger partial charge >= 0.3 is 0 Å². The van der Waals surface area contributed by atoms with E-state index in [2.05, 4.69) is 23.6 Å². The van der Waals surface area contributed by atoms with Crippen molar-refractivity contribution >= 4 is 15.9 Å². The number of aromatic nitrogens is 2. The fraction of sp³-hybridized carbons (Fsp3) is 0.238. The molecule has 0 spiro atoms. The lowest BCUT2D eigenvalue weighted by molar-refractivity contribution is 0.0977. The normalized spacial score (nSPS) is 11.6. The maximum absolute atomic E-state index is 12.6. The molecule has 0 radical (unpaired) electrons. The molecule has 7 heteroatoms. The molecule has 0 atom stereocenters. The Morgan fingerprint density at radius 1 is 1.11 bits per heavy atom. The Morgan fingerprint density at radius 2 is 1.82 bits per heavy atom. The summed E-state index contributed by atoms with van der Waals surface area (Å²) in [5.41, 5.74) is 2.64. The Balaban J connectivity index is 1.90. The number of hydrogen-bond acceptors (Lipinski definition) is 4. The van der Waals surface area contributed by atoms with Gasteiger partial charge in [-0.1, -0.05) is 50.2 Å². The predicted octanol–water partition coefficient (Wildman–Crippen LogP) is 3.64. The van der Waals surface area contributed by atoms with Crippen molar-refractivity contribution < 1.29 is 13.2 Å². The number of rotatable bonds is 5. The smallest absolute Gasteiger partial charge is 0.285 e. The van der Waals surface area contributed by atoms with Crippen LogP contribution >= 0.6 is 0 Å². The highest BCUT2D eigenvalue weighted by Crippen LogP contribution is 2.23. The van der Waals surface area contributed by atoms with Gasteiger partial charge in [-0.15, -0.1) is 0 Å². The summed E-state index contributed by atoms with van der Waals surface area (Å²) in [4.78, 5) is 17.0. The van der Waals surface area contributed by atoms with Gasteiger partial charge in [0.1, 0.15) is 11.5 Å². The molecule has 0 aliphatic carbocycles. The van der Waals surface area contributed by atoms with Crippen molar-refractivity contribution in [3.05, 3.63) is 71.5 Å². The van der Waals surface area contributed by atoms with E-state index in [1.54, 1.807) is 36.7 Å². The summed E-state index contributed by atoms with van der Waals surface area (Å²) in [6.45, 7) is 5.89. The average Bonchev–Trinajstić information content (AvgIpc) is 3.03. The van der Waals surface area contributed by atoms with E-state index in [-0.39, 0.29) is 10.6 Å². The van der Waals surface area contributed by atoms with Gasteiger partial charge in [-0.2, -0.15) is 0 Å². The number of aryl methyl sites for hydroxylation is 2. The zero-order valence-electron chi connectivity index (χ0n) is 16.3. The molecular weight excluding hydrogens is 374 g/mol. The Bertz CT molecular complexity index is 1130. The zero-order valence-corrected chi connectivity index (χ0v) is 17.1. The fourth-order valence-electron chi connectivity index (χ4n) is 2.97. The van der Waals surface area contributed by atoms with Gasteiger partial charge in [-0.3, -0.25) is 4.79 Å². The molecule has 0 saturated heterocycles. The highest BCUT2D eigenvalue weighted by atomic mass is 32.2. The lowest BCUT2D eigenvalue weighted by Crippen LogP contribution is -2.31. The Kier molecular flexibility index (Phi) is 5.38. The third-order valence-corrected chi connectivity index (χ3v) is 6.02. The van der Waals surface area contributed by atoms with Crippen LogP contribution in [0.15, 0.2) is 59.6 Å². The summed E-state index contributed by atoms with van der Waals surface area (Å²) in [5, 5.41) is 0. The molecule has 0 aliphatic heterocycles. The van der Waals surface area contributed by atoms with Crippen molar-refractivity contribution in [2.75, 3.05) is 0 Å². The highest BCUT2D eigenvalue weighted by Gasteiger charge is 2.23. The number of carbonyl (C=O) groups is 1. The summed E-state index contributed by atoms with van der Waals surface area (Å²) in [6.07, 6.45) is 1.53. The molecule has 0 unspecified atom stereocenters. The van der Waals surface area contributed by atoms with Crippen LogP contribution in [0.1, 0.15) is 41.4 Å².